The van der Waals surface area contributed by atoms with Crippen molar-refractivity contribution in [2.45, 2.75) is 142 Å². The number of rotatable bonds is 27. The molecule has 1 amide bonds. The molecule has 0 saturated heterocycles. The van der Waals surface area contributed by atoms with Crippen molar-refractivity contribution in [1.29, 1.82) is 0 Å². The Morgan fingerprint density at radius 2 is 1.10 bits per heavy atom. The number of aliphatic hydroxyl groups excluding tert-OH is 2. The molecule has 0 bridgehead atoms. The zero-order valence-corrected chi connectivity index (χ0v) is 25.8. The predicted octanol–water partition coefficient (Wildman–Crippen LogP) is 9.22. The number of unbranched alkanes of at least 4 members (excludes halogenated alkanes) is 8. The lowest BCUT2D eigenvalue weighted by molar-refractivity contribution is -0.123. The fourth-order valence-electron chi connectivity index (χ4n) is 4.24. The Labute approximate surface area is 247 Å². The van der Waals surface area contributed by atoms with Crippen LogP contribution < -0.4 is 5.32 Å². The third kappa shape index (κ3) is 27.4. The summed E-state index contributed by atoms with van der Waals surface area (Å²) in [5.41, 5.74) is 0. The van der Waals surface area contributed by atoms with E-state index in [1.165, 1.54) is 19.3 Å². The van der Waals surface area contributed by atoms with Crippen LogP contribution in [0.2, 0.25) is 0 Å². The van der Waals surface area contributed by atoms with Crippen molar-refractivity contribution in [2.24, 2.45) is 0 Å². The molecule has 0 aliphatic carbocycles. The first-order valence-corrected chi connectivity index (χ1v) is 16.1. The summed E-state index contributed by atoms with van der Waals surface area (Å²) < 4.78 is 0. The van der Waals surface area contributed by atoms with Gasteiger partial charge < -0.3 is 15.5 Å². The van der Waals surface area contributed by atoms with Gasteiger partial charge in [-0.2, -0.15) is 0 Å². The number of aliphatic hydroxyl groups is 2. The van der Waals surface area contributed by atoms with Gasteiger partial charge in [-0.25, -0.2) is 0 Å². The van der Waals surface area contributed by atoms with Crippen molar-refractivity contribution in [3.8, 4) is 0 Å². The molecule has 4 heteroatoms. The second kappa shape index (κ2) is 31.4. The fourth-order valence-corrected chi connectivity index (χ4v) is 4.24. The SMILES string of the molecule is CC/C=C\C/C=C\C/C=C\C/C=C\C/C=C\C/C=C\CCCCCCCCC(=O)NC(CO)C(O)CCCCC. The van der Waals surface area contributed by atoms with E-state index >= 15 is 0 Å². The molecule has 4 nitrogen and oxygen atoms in total. The highest BCUT2D eigenvalue weighted by Crippen LogP contribution is 2.11. The van der Waals surface area contributed by atoms with E-state index in [9.17, 15) is 15.0 Å². The molecular formula is C36H61NO3. The molecule has 0 aliphatic heterocycles. The van der Waals surface area contributed by atoms with Crippen molar-refractivity contribution in [2.75, 3.05) is 6.61 Å². The Kier molecular flexibility index (Phi) is 29.7. The maximum Gasteiger partial charge on any atom is 0.220 e. The van der Waals surface area contributed by atoms with E-state index in [0.717, 1.165) is 83.5 Å². The van der Waals surface area contributed by atoms with E-state index in [0.29, 0.717) is 12.8 Å². The molecular weight excluding hydrogens is 494 g/mol. The van der Waals surface area contributed by atoms with E-state index in [4.69, 9.17) is 0 Å². The summed E-state index contributed by atoms with van der Waals surface area (Å²) in [5.74, 6) is -0.0637. The number of allylic oxidation sites excluding steroid dienone is 12. The predicted molar refractivity (Wildman–Crippen MR) is 174 cm³/mol. The van der Waals surface area contributed by atoms with E-state index in [1.807, 2.05) is 0 Å². The van der Waals surface area contributed by atoms with E-state index in [2.05, 4.69) is 92.1 Å². The summed E-state index contributed by atoms with van der Waals surface area (Å²) in [4.78, 5) is 12.1. The third-order valence-electron chi connectivity index (χ3n) is 6.73. The summed E-state index contributed by atoms with van der Waals surface area (Å²) in [7, 11) is 0. The Hall–Kier alpha value is -2.17. The molecule has 0 aromatic rings. The molecule has 228 valence electrons. The van der Waals surface area contributed by atoms with Gasteiger partial charge in [0.1, 0.15) is 0 Å². The molecule has 0 aliphatic rings. The average Bonchev–Trinajstić information content (AvgIpc) is 2.96. The van der Waals surface area contributed by atoms with Crippen LogP contribution in [0.1, 0.15) is 129 Å². The topological polar surface area (TPSA) is 69.6 Å². The van der Waals surface area contributed by atoms with Gasteiger partial charge in [-0.3, -0.25) is 4.79 Å². The lowest BCUT2D eigenvalue weighted by Gasteiger charge is -2.22. The molecule has 0 aromatic carbocycles. The first kappa shape index (κ1) is 37.8. The minimum absolute atomic E-state index is 0.0637. The van der Waals surface area contributed by atoms with Crippen LogP contribution in [-0.4, -0.2) is 34.9 Å². The maximum atomic E-state index is 12.1. The number of carbonyl (C=O) groups excluding carboxylic acids is 1. The Balaban J connectivity index is 3.60. The van der Waals surface area contributed by atoms with Crippen LogP contribution in [-0.2, 0) is 4.79 Å². The normalized spacial score (nSPS) is 14.2. The minimum atomic E-state index is -0.665. The smallest absolute Gasteiger partial charge is 0.220 e. The van der Waals surface area contributed by atoms with Crippen LogP contribution in [0.3, 0.4) is 0 Å². The van der Waals surface area contributed by atoms with Crippen molar-refractivity contribution in [1.82, 2.24) is 5.32 Å². The molecule has 0 aromatic heterocycles. The minimum Gasteiger partial charge on any atom is -0.394 e. The van der Waals surface area contributed by atoms with Gasteiger partial charge in [-0.1, -0.05) is 132 Å². The molecule has 3 N–H and O–H groups in total. The Morgan fingerprint density at radius 3 is 1.60 bits per heavy atom. The molecule has 2 atom stereocenters. The zero-order chi connectivity index (χ0) is 29.4. The zero-order valence-electron chi connectivity index (χ0n) is 25.8. The summed E-state index contributed by atoms with van der Waals surface area (Å²) in [6.45, 7) is 4.06. The number of hydrogen-bond acceptors (Lipinski definition) is 3. The number of carbonyl (C=O) groups is 1. The quantitative estimate of drug-likeness (QED) is 0.0699. The fraction of sp³-hybridized carbons (Fsp3) is 0.639. The monoisotopic (exact) mass is 555 g/mol. The average molecular weight is 556 g/mol. The van der Waals surface area contributed by atoms with Crippen LogP contribution in [0.25, 0.3) is 0 Å². The summed E-state index contributed by atoms with van der Waals surface area (Å²) >= 11 is 0. The molecule has 0 saturated carbocycles. The summed E-state index contributed by atoms with van der Waals surface area (Å²) in [6.07, 6.45) is 44.3. The summed E-state index contributed by atoms with van der Waals surface area (Å²) in [6, 6.07) is -0.543. The van der Waals surface area contributed by atoms with Gasteiger partial charge in [0.05, 0.1) is 18.8 Å². The first-order valence-electron chi connectivity index (χ1n) is 16.1. The van der Waals surface area contributed by atoms with Gasteiger partial charge in [-0.15, -0.1) is 0 Å². The Bertz CT molecular complexity index is 732. The molecule has 0 heterocycles. The molecule has 0 spiro atoms. The molecule has 2 unspecified atom stereocenters. The highest BCUT2D eigenvalue weighted by Gasteiger charge is 2.19. The van der Waals surface area contributed by atoms with Gasteiger partial charge in [0, 0.05) is 6.42 Å². The van der Waals surface area contributed by atoms with Crippen molar-refractivity contribution in [3.63, 3.8) is 0 Å². The summed E-state index contributed by atoms with van der Waals surface area (Å²) in [5, 5.41) is 22.4. The van der Waals surface area contributed by atoms with E-state index in [1.54, 1.807) is 0 Å². The van der Waals surface area contributed by atoms with Crippen LogP contribution in [0, 0.1) is 0 Å². The van der Waals surface area contributed by atoms with Gasteiger partial charge in [0.2, 0.25) is 5.91 Å². The number of hydrogen-bond donors (Lipinski definition) is 3. The lowest BCUT2D eigenvalue weighted by atomic mass is 10.0. The van der Waals surface area contributed by atoms with Crippen molar-refractivity contribution < 1.29 is 15.0 Å². The van der Waals surface area contributed by atoms with Gasteiger partial charge >= 0.3 is 0 Å². The molecule has 0 rings (SSSR count). The van der Waals surface area contributed by atoms with Crippen molar-refractivity contribution >= 4 is 5.91 Å². The standard InChI is InChI=1S/C36H61NO3/c1-3-5-7-8-9-10-11-12-13-14-15-16-17-18-19-20-21-22-23-24-25-26-27-28-30-32-36(40)37-34(33-38)35(39)31-29-6-4-2/h5,7,9-10,12-13,15-16,18-19,21-22,34-35,38-39H,3-4,6,8,11,14,17,20,23-33H2,1-2H3,(H,37,40)/b7-5-,10-9-,13-12-,16-15-,19-18-,22-21-. The second-order valence-electron chi connectivity index (χ2n) is 10.5. The van der Waals surface area contributed by atoms with Crippen LogP contribution >= 0.6 is 0 Å². The van der Waals surface area contributed by atoms with Crippen LogP contribution in [0.4, 0.5) is 0 Å². The Morgan fingerprint density at radius 1 is 0.625 bits per heavy atom. The number of nitrogens with one attached hydrogen (secondary N) is 1. The highest BCUT2D eigenvalue weighted by molar-refractivity contribution is 5.76. The van der Waals surface area contributed by atoms with Crippen LogP contribution in [0.5, 0.6) is 0 Å². The second-order valence-corrected chi connectivity index (χ2v) is 10.5. The lowest BCUT2D eigenvalue weighted by Crippen LogP contribution is -2.45. The van der Waals surface area contributed by atoms with Gasteiger partial charge in [0.25, 0.3) is 0 Å². The largest absolute Gasteiger partial charge is 0.394 e. The van der Waals surface area contributed by atoms with Gasteiger partial charge in [0.15, 0.2) is 0 Å². The highest BCUT2D eigenvalue weighted by atomic mass is 16.3. The molecule has 0 fully saturated rings. The van der Waals surface area contributed by atoms with Gasteiger partial charge in [-0.05, 0) is 64.2 Å². The van der Waals surface area contributed by atoms with E-state index < -0.39 is 12.1 Å². The first-order chi connectivity index (χ1) is 19.7. The molecule has 0 radical (unpaired) electrons. The van der Waals surface area contributed by atoms with Crippen LogP contribution in [0.15, 0.2) is 72.9 Å². The molecule has 40 heavy (non-hydrogen) atoms. The number of amides is 1. The van der Waals surface area contributed by atoms with E-state index in [-0.39, 0.29) is 12.5 Å². The maximum absolute atomic E-state index is 12.1. The third-order valence-corrected chi connectivity index (χ3v) is 6.73. The van der Waals surface area contributed by atoms with Crippen molar-refractivity contribution in [3.05, 3.63) is 72.9 Å².